The highest BCUT2D eigenvalue weighted by Gasteiger charge is 2.26. The normalized spacial score (nSPS) is 28.0. The molecule has 0 aromatic carbocycles. The molecular formula is C9H15N3S2. The molecule has 0 saturated carbocycles. The fraction of sp³-hybridized carbons (Fsp3) is 0.667. The van der Waals surface area contributed by atoms with Gasteiger partial charge in [-0.3, -0.25) is 0 Å². The number of nitrogens with two attached hydrogens (primary N) is 1. The van der Waals surface area contributed by atoms with Crippen LogP contribution < -0.4 is 10.6 Å². The molecule has 1 fully saturated rings. The van der Waals surface area contributed by atoms with E-state index in [1.165, 1.54) is 5.75 Å². The van der Waals surface area contributed by atoms with Gasteiger partial charge in [0.25, 0.3) is 0 Å². The highest BCUT2D eigenvalue weighted by molar-refractivity contribution is 8.00. The highest BCUT2D eigenvalue weighted by Crippen LogP contribution is 2.32. The van der Waals surface area contributed by atoms with E-state index in [4.69, 9.17) is 5.73 Å². The smallest absolute Gasteiger partial charge is 0.187 e. The van der Waals surface area contributed by atoms with E-state index >= 15 is 0 Å². The monoisotopic (exact) mass is 229 g/mol. The van der Waals surface area contributed by atoms with Crippen LogP contribution >= 0.6 is 23.1 Å². The average molecular weight is 229 g/mol. The van der Waals surface area contributed by atoms with Gasteiger partial charge in [0.2, 0.25) is 0 Å². The van der Waals surface area contributed by atoms with Gasteiger partial charge in [0.1, 0.15) is 5.00 Å². The lowest BCUT2D eigenvalue weighted by Crippen LogP contribution is -2.44. The van der Waals surface area contributed by atoms with E-state index < -0.39 is 0 Å². The second-order valence-corrected chi connectivity index (χ2v) is 6.08. The lowest BCUT2D eigenvalue weighted by molar-refractivity contribution is 0.626. The van der Waals surface area contributed by atoms with Crippen molar-refractivity contribution in [1.82, 2.24) is 4.98 Å². The molecule has 1 aromatic heterocycles. The van der Waals surface area contributed by atoms with Crippen LogP contribution in [-0.2, 0) is 0 Å². The van der Waals surface area contributed by atoms with Gasteiger partial charge >= 0.3 is 0 Å². The minimum absolute atomic E-state index is 0.555. The van der Waals surface area contributed by atoms with E-state index in [0.29, 0.717) is 11.3 Å². The molecule has 2 rings (SSSR count). The molecule has 3 nitrogen and oxygen atoms in total. The lowest BCUT2D eigenvalue weighted by atomic mass is 10.2. The molecule has 78 valence electrons. The van der Waals surface area contributed by atoms with Crippen LogP contribution in [0.5, 0.6) is 0 Å². The molecule has 14 heavy (non-hydrogen) atoms. The maximum Gasteiger partial charge on any atom is 0.187 e. The number of hydrogen-bond donors (Lipinski definition) is 1. The Balaban J connectivity index is 2.17. The molecule has 0 spiro atoms. The van der Waals surface area contributed by atoms with Gasteiger partial charge in [0.15, 0.2) is 5.13 Å². The molecule has 0 aliphatic carbocycles. The topological polar surface area (TPSA) is 42.2 Å². The third-order valence-corrected chi connectivity index (χ3v) is 4.84. The van der Waals surface area contributed by atoms with Gasteiger partial charge in [-0.05, 0) is 6.92 Å². The molecule has 2 N–H and O–H groups in total. The number of aromatic nitrogens is 1. The van der Waals surface area contributed by atoms with Crippen molar-refractivity contribution in [3.8, 4) is 0 Å². The van der Waals surface area contributed by atoms with Crippen LogP contribution in [0.2, 0.25) is 0 Å². The summed E-state index contributed by atoms with van der Waals surface area (Å²) in [6.07, 6.45) is 1.75. The zero-order chi connectivity index (χ0) is 10.1. The SMILES string of the molecule is CC1SCCN(c2ncc(N)s2)C1C. The zero-order valence-corrected chi connectivity index (χ0v) is 10.1. The predicted molar refractivity (Wildman–Crippen MR) is 65.3 cm³/mol. The van der Waals surface area contributed by atoms with E-state index in [1.54, 1.807) is 17.5 Å². The first-order valence-corrected chi connectivity index (χ1v) is 6.64. The van der Waals surface area contributed by atoms with Crippen molar-refractivity contribution < 1.29 is 0 Å². The van der Waals surface area contributed by atoms with Crippen molar-refractivity contribution in [2.45, 2.75) is 25.1 Å². The standard InChI is InChI=1S/C9H15N3S2/c1-6-7(2)13-4-3-12(6)9-11-5-8(10)14-9/h5-7H,3-4,10H2,1-2H3. The van der Waals surface area contributed by atoms with E-state index in [2.05, 4.69) is 23.7 Å². The minimum atomic E-state index is 0.555. The number of nitrogens with zero attached hydrogens (tertiary/aromatic N) is 2. The maximum absolute atomic E-state index is 5.69. The molecule has 0 radical (unpaired) electrons. The van der Waals surface area contributed by atoms with Gasteiger partial charge in [-0.15, -0.1) is 0 Å². The van der Waals surface area contributed by atoms with Gasteiger partial charge < -0.3 is 10.6 Å². The van der Waals surface area contributed by atoms with Crippen LogP contribution in [0, 0.1) is 0 Å². The molecule has 1 aromatic rings. The van der Waals surface area contributed by atoms with Crippen LogP contribution in [-0.4, -0.2) is 28.6 Å². The van der Waals surface area contributed by atoms with Crippen LogP contribution in [0.25, 0.3) is 0 Å². The second kappa shape index (κ2) is 3.98. The summed E-state index contributed by atoms with van der Waals surface area (Å²) in [6.45, 7) is 5.62. The quantitative estimate of drug-likeness (QED) is 0.800. The van der Waals surface area contributed by atoms with Gasteiger partial charge in [0, 0.05) is 23.6 Å². The Labute approximate surface area is 92.7 Å². The highest BCUT2D eigenvalue weighted by atomic mass is 32.2. The summed E-state index contributed by atoms with van der Waals surface area (Å²) in [5, 5.41) is 2.55. The van der Waals surface area contributed by atoms with Crippen molar-refractivity contribution in [3.05, 3.63) is 6.20 Å². The van der Waals surface area contributed by atoms with Crippen LogP contribution in [0.4, 0.5) is 10.1 Å². The van der Waals surface area contributed by atoms with Gasteiger partial charge in [-0.1, -0.05) is 18.3 Å². The summed E-state index contributed by atoms with van der Waals surface area (Å²) < 4.78 is 0. The first kappa shape index (κ1) is 10.1. The summed E-state index contributed by atoms with van der Waals surface area (Å²) in [6, 6.07) is 0.555. The summed E-state index contributed by atoms with van der Waals surface area (Å²) in [4.78, 5) is 6.70. The number of hydrogen-bond acceptors (Lipinski definition) is 5. The Morgan fingerprint density at radius 1 is 1.57 bits per heavy atom. The number of nitrogen functional groups attached to an aromatic ring is 1. The summed E-state index contributed by atoms with van der Waals surface area (Å²) in [5.74, 6) is 1.19. The number of thioether (sulfide) groups is 1. The maximum atomic E-state index is 5.69. The third kappa shape index (κ3) is 1.83. The Kier molecular flexibility index (Phi) is 2.88. The summed E-state index contributed by atoms with van der Waals surface area (Å²) in [5.41, 5.74) is 5.69. The van der Waals surface area contributed by atoms with Crippen molar-refractivity contribution in [3.63, 3.8) is 0 Å². The van der Waals surface area contributed by atoms with Gasteiger partial charge in [-0.25, -0.2) is 4.98 Å². The molecule has 1 saturated heterocycles. The number of thiazole rings is 1. The van der Waals surface area contributed by atoms with Gasteiger partial charge in [0.05, 0.1) is 6.20 Å². The summed E-state index contributed by atoms with van der Waals surface area (Å²) >= 11 is 3.62. The second-order valence-electron chi connectivity index (χ2n) is 3.56. The van der Waals surface area contributed by atoms with Crippen LogP contribution in [0.3, 0.4) is 0 Å². The van der Waals surface area contributed by atoms with Crippen LogP contribution in [0.15, 0.2) is 6.20 Å². The van der Waals surface area contributed by atoms with E-state index in [-0.39, 0.29) is 0 Å². The summed E-state index contributed by atoms with van der Waals surface area (Å²) in [7, 11) is 0. The molecule has 1 aliphatic rings. The zero-order valence-electron chi connectivity index (χ0n) is 8.43. The molecule has 5 heteroatoms. The van der Waals surface area contributed by atoms with E-state index in [0.717, 1.165) is 16.7 Å². The van der Waals surface area contributed by atoms with E-state index in [1.807, 2.05) is 11.8 Å². The molecule has 2 unspecified atom stereocenters. The predicted octanol–water partition coefficient (Wildman–Crippen LogP) is 2.06. The fourth-order valence-corrected chi connectivity index (χ4v) is 3.51. The molecule has 2 heterocycles. The fourth-order valence-electron chi connectivity index (χ4n) is 1.61. The van der Waals surface area contributed by atoms with E-state index in [9.17, 15) is 0 Å². The molecular weight excluding hydrogens is 214 g/mol. The van der Waals surface area contributed by atoms with Crippen molar-refractivity contribution in [2.24, 2.45) is 0 Å². The number of anilines is 2. The average Bonchev–Trinajstić information content (AvgIpc) is 2.57. The first-order valence-electron chi connectivity index (χ1n) is 4.78. The largest absolute Gasteiger partial charge is 0.389 e. The van der Waals surface area contributed by atoms with Crippen molar-refractivity contribution >= 4 is 33.2 Å². The Bertz CT molecular complexity index is 313. The number of rotatable bonds is 1. The molecule has 0 amide bonds. The Morgan fingerprint density at radius 3 is 3.00 bits per heavy atom. The first-order chi connectivity index (χ1) is 6.68. The lowest BCUT2D eigenvalue weighted by Gasteiger charge is -2.37. The van der Waals surface area contributed by atoms with Gasteiger partial charge in [-0.2, -0.15) is 11.8 Å². The minimum Gasteiger partial charge on any atom is -0.389 e. The molecule has 0 bridgehead atoms. The molecule has 2 atom stereocenters. The van der Waals surface area contributed by atoms with Crippen molar-refractivity contribution in [1.29, 1.82) is 0 Å². The molecule has 1 aliphatic heterocycles. The van der Waals surface area contributed by atoms with Crippen molar-refractivity contribution in [2.75, 3.05) is 22.9 Å². The van der Waals surface area contributed by atoms with Crippen LogP contribution in [0.1, 0.15) is 13.8 Å². The third-order valence-electron chi connectivity index (χ3n) is 2.64. The Hall–Kier alpha value is -0.420. The Morgan fingerprint density at radius 2 is 2.36 bits per heavy atom.